The van der Waals surface area contributed by atoms with Crippen LogP contribution >= 0.6 is 0 Å². The van der Waals surface area contributed by atoms with Crippen LogP contribution in [0.4, 0.5) is 5.82 Å². The Bertz CT molecular complexity index is 746. The Kier molecular flexibility index (Phi) is 3.05. The van der Waals surface area contributed by atoms with Gasteiger partial charge in [-0.25, -0.2) is 8.42 Å². The van der Waals surface area contributed by atoms with Crippen LogP contribution in [0.25, 0.3) is 0 Å². The van der Waals surface area contributed by atoms with E-state index < -0.39 is 10.0 Å². The van der Waals surface area contributed by atoms with Crippen LogP contribution in [-0.2, 0) is 17.1 Å². The van der Waals surface area contributed by atoms with Crippen molar-refractivity contribution in [2.75, 3.05) is 4.72 Å². The number of nitrogens with zero attached hydrogens (tertiary/aromatic N) is 2. The van der Waals surface area contributed by atoms with Crippen molar-refractivity contribution < 1.29 is 8.42 Å². The molecule has 1 aromatic carbocycles. The fraction of sp³-hybridized carbons (Fsp3) is 0.357. The van der Waals surface area contributed by atoms with Gasteiger partial charge in [-0.1, -0.05) is 12.1 Å². The quantitative estimate of drug-likeness (QED) is 0.940. The molecule has 1 aliphatic rings. The maximum absolute atomic E-state index is 12.3. The largest absolute Gasteiger partial charge is 0.264 e. The topological polar surface area (TPSA) is 64.0 Å². The third kappa shape index (κ3) is 2.56. The van der Waals surface area contributed by atoms with Crippen LogP contribution in [0.1, 0.15) is 30.0 Å². The van der Waals surface area contributed by atoms with E-state index in [1.165, 1.54) is 0 Å². The molecule has 106 valence electrons. The number of rotatable bonds is 4. The molecule has 0 saturated heterocycles. The Labute approximate surface area is 118 Å². The summed E-state index contributed by atoms with van der Waals surface area (Å²) in [5.41, 5.74) is 1.88. The Morgan fingerprint density at radius 1 is 1.30 bits per heavy atom. The number of hydrogen-bond acceptors (Lipinski definition) is 3. The minimum absolute atomic E-state index is 0.270. The lowest BCUT2D eigenvalue weighted by molar-refractivity contribution is 0.600. The Balaban J connectivity index is 1.89. The first kappa shape index (κ1) is 13.2. The first-order valence-electron chi connectivity index (χ1n) is 6.59. The van der Waals surface area contributed by atoms with Gasteiger partial charge in [0.1, 0.15) is 5.82 Å². The lowest BCUT2D eigenvalue weighted by Crippen LogP contribution is -2.15. The molecule has 1 saturated carbocycles. The second kappa shape index (κ2) is 4.63. The first-order valence-corrected chi connectivity index (χ1v) is 8.07. The highest BCUT2D eigenvalue weighted by Crippen LogP contribution is 2.40. The number of anilines is 1. The monoisotopic (exact) mass is 291 g/mol. The number of aryl methyl sites for hydroxylation is 2. The fourth-order valence-corrected chi connectivity index (χ4v) is 3.33. The number of aromatic nitrogens is 2. The lowest BCUT2D eigenvalue weighted by Gasteiger charge is -2.08. The van der Waals surface area contributed by atoms with Gasteiger partial charge in [0.05, 0.1) is 10.6 Å². The SMILES string of the molecule is Cc1cccc(S(=O)(=O)Nc2cc(C3CC3)nn2C)c1. The summed E-state index contributed by atoms with van der Waals surface area (Å²) in [6.07, 6.45) is 2.28. The van der Waals surface area contributed by atoms with E-state index in [9.17, 15) is 8.42 Å². The van der Waals surface area contributed by atoms with E-state index in [0.717, 1.165) is 24.1 Å². The van der Waals surface area contributed by atoms with Crippen molar-refractivity contribution >= 4 is 15.8 Å². The molecule has 1 aromatic heterocycles. The molecular weight excluding hydrogens is 274 g/mol. The van der Waals surface area contributed by atoms with E-state index in [1.54, 1.807) is 29.9 Å². The zero-order valence-corrected chi connectivity index (χ0v) is 12.3. The van der Waals surface area contributed by atoms with Crippen LogP contribution in [0.3, 0.4) is 0 Å². The summed E-state index contributed by atoms with van der Waals surface area (Å²) in [6, 6.07) is 8.68. The fourth-order valence-electron chi connectivity index (χ4n) is 2.14. The summed E-state index contributed by atoms with van der Waals surface area (Å²) >= 11 is 0. The summed E-state index contributed by atoms with van der Waals surface area (Å²) in [4.78, 5) is 0.270. The Morgan fingerprint density at radius 3 is 2.70 bits per heavy atom. The summed E-state index contributed by atoms with van der Waals surface area (Å²) < 4.78 is 28.9. The van der Waals surface area contributed by atoms with Crippen LogP contribution in [0, 0.1) is 6.92 Å². The highest BCUT2D eigenvalue weighted by Gasteiger charge is 2.27. The standard InChI is InChI=1S/C14H17N3O2S/c1-10-4-3-5-12(8-10)20(18,19)16-14-9-13(11-6-7-11)15-17(14)2/h3-5,8-9,11,16H,6-7H2,1-2H3. The lowest BCUT2D eigenvalue weighted by atomic mass is 10.2. The van der Waals surface area contributed by atoms with Gasteiger partial charge in [-0.2, -0.15) is 5.10 Å². The predicted molar refractivity (Wildman–Crippen MR) is 77.2 cm³/mol. The summed E-state index contributed by atoms with van der Waals surface area (Å²) in [6.45, 7) is 1.87. The van der Waals surface area contributed by atoms with Gasteiger partial charge in [0, 0.05) is 19.0 Å². The van der Waals surface area contributed by atoms with Crippen molar-refractivity contribution in [1.82, 2.24) is 9.78 Å². The smallest absolute Gasteiger partial charge is 0.263 e. The van der Waals surface area contributed by atoms with Crippen molar-refractivity contribution in [1.29, 1.82) is 0 Å². The third-order valence-corrected chi connectivity index (χ3v) is 4.79. The molecule has 0 radical (unpaired) electrons. The molecule has 0 aliphatic heterocycles. The predicted octanol–water partition coefficient (Wildman–Crippen LogP) is 2.41. The van der Waals surface area contributed by atoms with Gasteiger partial charge in [-0.05, 0) is 37.5 Å². The van der Waals surface area contributed by atoms with Crippen molar-refractivity contribution in [3.63, 3.8) is 0 Å². The zero-order valence-electron chi connectivity index (χ0n) is 11.5. The first-order chi connectivity index (χ1) is 9.45. The molecule has 0 atom stereocenters. The number of sulfonamides is 1. The summed E-state index contributed by atoms with van der Waals surface area (Å²) in [7, 11) is -1.81. The number of benzene rings is 1. The van der Waals surface area contributed by atoms with Gasteiger partial charge in [-0.3, -0.25) is 9.40 Å². The third-order valence-electron chi connectivity index (χ3n) is 3.43. The number of nitrogens with one attached hydrogen (secondary N) is 1. The molecule has 0 amide bonds. The molecule has 1 heterocycles. The normalized spacial score (nSPS) is 15.3. The van der Waals surface area contributed by atoms with Crippen LogP contribution in [0.5, 0.6) is 0 Å². The summed E-state index contributed by atoms with van der Waals surface area (Å²) in [5.74, 6) is 1.01. The maximum atomic E-state index is 12.3. The average Bonchev–Trinajstić information content (AvgIpc) is 3.16. The number of hydrogen-bond donors (Lipinski definition) is 1. The van der Waals surface area contributed by atoms with E-state index >= 15 is 0 Å². The molecular formula is C14H17N3O2S. The molecule has 1 aliphatic carbocycles. The Morgan fingerprint density at radius 2 is 2.05 bits per heavy atom. The van der Waals surface area contributed by atoms with Gasteiger partial charge in [-0.15, -0.1) is 0 Å². The van der Waals surface area contributed by atoms with Crippen LogP contribution in [0.15, 0.2) is 35.2 Å². The average molecular weight is 291 g/mol. The zero-order chi connectivity index (χ0) is 14.3. The van der Waals surface area contributed by atoms with Crippen molar-refractivity contribution in [3.8, 4) is 0 Å². The summed E-state index contributed by atoms with van der Waals surface area (Å²) in [5, 5.41) is 4.36. The van der Waals surface area contributed by atoms with E-state index in [-0.39, 0.29) is 4.90 Å². The molecule has 6 heteroatoms. The molecule has 20 heavy (non-hydrogen) atoms. The molecule has 1 N–H and O–H groups in total. The molecule has 5 nitrogen and oxygen atoms in total. The van der Waals surface area contributed by atoms with Gasteiger partial charge in [0.15, 0.2) is 0 Å². The van der Waals surface area contributed by atoms with Gasteiger partial charge in [0.2, 0.25) is 0 Å². The van der Waals surface area contributed by atoms with E-state index in [1.807, 2.05) is 19.1 Å². The highest BCUT2D eigenvalue weighted by atomic mass is 32.2. The molecule has 0 spiro atoms. The molecule has 1 fully saturated rings. The molecule has 0 unspecified atom stereocenters. The van der Waals surface area contributed by atoms with Crippen LogP contribution in [0.2, 0.25) is 0 Å². The molecule has 2 aromatic rings. The van der Waals surface area contributed by atoms with Crippen LogP contribution in [-0.4, -0.2) is 18.2 Å². The highest BCUT2D eigenvalue weighted by molar-refractivity contribution is 7.92. The van der Waals surface area contributed by atoms with Crippen LogP contribution < -0.4 is 4.72 Å². The molecule has 0 bridgehead atoms. The minimum atomic E-state index is -3.56. The van der Waals surface area contributed by atoms with Crippen molar-refractivity contribution in [2.45, 2.75) is 30.6 Å². The van der Waals surface area contributed by atoms with E-state index in [2.05, 4.69) is 9.82 Å². The van der Waals surface area contributed by atoms with Crippen molar-refractivity contribution in [3.05, 3.63) is 41.6 Å². The van der Waals surface area contributed by atoms with Gasteiger partial charge >= 0.3 is 0 Å². The van der Waals surface area contributed by atoms with Crippen molar-refractivity contribution in [2.24, 2.45) is 7.05 Å². The second-order valence-corrected chi connectivity index (χ2v) is 6.96. The van der Waals surface area contributed by atoms with E-state index in [4.69, 9.17) is 0 Å². The second-order valence-electron chi connectivity index (χ2n) is 5.27. The van der Waals surface area contributed by atoms with Gasteiger partial charge < -0.3 is 0 Å². The van der Waals surface area contributed by atoms with Gasteiger partial charge in [0.25, 0.3) is 10.0 Å². The Hall–Kier alpha value is -1.82. The minimum Gasteiger partial charge on any atom is -0.264 e. The van der Waals surface area contributed by atoms with E-state index in [0.29, 0.717) is 11.7 Å². The molecule has 3 rings (SSSR count). The maximum Gasteiger partial charge on any atom is 0.263 e.